The molecule has 1 atom stereocenters. The summed E-state index contributed by atoms with van der Waals surface area (Å²) < 4.78 is 45.7. The molecule has 8 heteroatoms. The number of hydrogen-bond donors (Lipinski definition) is 2. The minimum Gasteiger partial charge on any atom is -0.376 e. The third kappa shape index (κ3) is 4.59. The number of ether oxygens (including phenoxy) is 1. The van der Waals surface area contributed by atoms with E-state index in [0.29, 0.717) is 13.2 Å². The second kappa shape index (κ2) is 7.84. The van der Waals surface area contributed by atoms with Crippen molar-refractivity contribution in [2.45, 2.75) is 23.8 Å². The molecule has 0 bridgehead atoms. The number of anilines is 1. The largest absolute Gasteiger partial charge is 0.376 e. The predicted molar refractivity (Wildman–Crippen MR) is 95.0 cm³/mol. The molecule has 0 unspecified atom stereocenters. The van der Waals surface area contributed by atoms with Crippen LogP contribution in [0.4, 0.5) is 10.1 Å². The number of carbonyl (C=O) groups excluding carboxylic acids is 1. The lowest BCUT2D eigenvalue weighted by Gasteiger charge is -2.12. The van der Waals surface area contributed by atoms with E-state index in [4.69, 9.17) is 4.74 Å². The zero-order chi connectivity index (χ0) is 18.6. The van der Waals surface area contributed by atoms with E-state index in [1.54, 1.807) is 6.07 Å². The molecule has 1 amide bonds. The lowest BCUT2D eigenvalue weighted by molar-refractivity contribution is 0.0857. The lowest BCUT2D eigenvalue weighted by Crippen LogP contribution is -2.31. The molecule has 26 heavy (non-hydrogen) atoms. The number of benzene rings is 2. The fraction of sp³-hybridized carbons (Fsp3) is 0.278. The molecule has 2 aromatic rings. The van der Waals surface area contributed by atoms with Gasteiger partial charge in [0.15, 0.2) is 0 Å². The Balaban J connectivity index is 1.70. The van der Waals surface area contributed by atoms with Gasteiger partial charge in [-0.1, -0.05) is 6.07 Å². The van der Waals surface area contributed by atoms with E-state index in [2.05, 4.69) is 10.0 Å². The van der Waals surface area contributed by atoms with Gasteiger partial charge in [-0.2, -0.15) is 0 Å². The minimum atomic E-state index is -3.89. The maximum atomic E-state index is 12.9. The van der Waals surface area contributed by atoms with Crippen molar-refractivity contribution in [1.82, 2.24) is 5.32 Å². The Labute approximate surface area is 151 Å². The van der Waals surface area contributed by atoms with Crippen molar-refractivity contribution in [2.75, 3.05) is 17.9 Å². The van der Waals surface area contributed by atoms with Gasteiger partial charge in [0.05, 0.1) is 11.0 Å². The van der Waals surface area contributed by atoms with Crippen LogP contribution in [0.2, 0.25) is 0 Å². The molecule has 0 aliphatic carbocycles. The number of amides is 1. The molecule has 1 aliphatic heterocycles. The van der Waals surface area contributed by atoms with Crippen molar-refractivity contribution in [1.29, 1.82) is 0 Å². The van der Waals surface area contributed by atoms with Crippen LogP contribution in [-0.2, 0) is 14.8 Å². The quantitative estimate of drug-likeness (QED) is 0.809. The van der Waals surface area contributed by atoms with Gasteiger partial charge >= 0.3 is 0 Å². The first kappa shape index (κ1) is 18.3. The molecular formula is C18H19FN2O4S. The Hall–Kier alpha value is -2.45. The summed E-state index contributed by atoms with van der Waals surface area (Å²) in [6.45, 7) is 1.09. The fourth-order valence-corrected chi connectivity index (χ4v) is 3.75. The van der Waals surface area contributed by atoms with Crippen molar-refractivity contribution in [3.05, 3.63) is 59.9 Å². The molecular weight excluding hydrogens is 359 g/mol. The molecule has 0 spiro atoms. The summed E-state index contributed by atoms with van der Waals surface area (Å²) in [5.74, 6) is -0.822. The highest BCUT2D eigenvalue weighted by Gasteiger charge is 2.19. The van der Waals surface area contributed by atoms with E-state index in [1.165, 1.54) is 30.3 Å². The second-order valence-electron chi connectivity index (χ2n) is 5.99. The summed E-state index contributed by atoms with van der Waals surface area (Å²) >= 11 is 0. The normalized spacial score (nSPS) is 17.0. The molecule has 1 saturated heterocycles. The summed E-state index contributed by atoms with van der Waals surface area (Å²) in [7, 11) is -3.89. The van der Waals surface area contributed by atoms with E-state index in [0.717, 1.165) is 25.0 Å². The van der Waals surface area contributed by atoms with Crippen LogP contribution in [0.1, 0.15) is 23.2 Å². The average molecular weight is 378 g/mol. The average Bonchev–Trinajstić information content (AvgIpc) is 3.15. The molecule has 3 rings (SSSR count). The number of halogens is 1. The highest BCUT2D eigenvalue weighted by molar-refractivity contribution is 7.92. The SMILES string of the molecule is O=C(NC[C@H]1CCCO1)c1cccc(S(=O)(=O)Nc2ccc(F)cc2)c1. The van der Waals surface area contributed by atoms with E-state index >= 15 is 0 Å². The highest BCUT2D eigenvalue weighted by atomic mass is 32.2. The topological polar surface area (TPSA) is 84.5 Å². The van der Waals surface area contributed by atoms with Gasteiger partial charge in [-0.25, -0.2) is 12.8 Å². The van der Waals surface area contributed by atoms with Gasteiger partial charge < -0.3 is 10.1 Å². The van der Waals surface area contributed by atoms with Gasteiger partial charge in [0, 0.05) is 24.4 Å². The zero-order valence-corrected chi connectivity index (χ0v) is 14.8. The molecule has 0 aromatic heterocycles. The first-order valence-corrected chi connectivity index (χ1v) is 9.71. The summed E-state index contributed by atoms with van der Waals surface area (Å²) in [6.07, 6.45) is 1.88. The molecule has 1 heterocycles. The van der Waals surface area contributed by atoms with Crippen LogP contribution in [0.15, 0.2) is 53.4 Å². The summed E-state index contributed by atoms with van der Waals surface area (Å²) in [5.41, 5.74) is 0.476. The Morgan fingerprint density at radius 3 is 2.65 bits per heavy atom. The number of hydrogen-bond acceptors (Lipinski definition) is 4. The highest BCUT2D eigenvalue weighted by Crippen LogP contribution is 2.18. The second-order valence-corrected chi connectivity index (χ2v) is 7.67. The van der Waals surface area contributed by atoms with Crippen molar-refractivity contribution in [2.24, 2.45) is 0 Å². The summed E-state index contributed by atoms with van der Waals surface area (Å²) in [5, 5.41) is 2.75. The Morgan fingerprint density at radius 2 is 1.96 bits per heavy atom. The van der Waals surface area contributed by atoms with Crippen molar-refractivity contribution in [3.63, 3.8) is 0 Å². The van der Waals surface area contributed by atoms with Gasteiger partial charge in [0.1, 0.15) is 5.82 Å². The van der Waals surface area contributed by atoms with Gasteiger partial charge in [-0.3, -0.25) is 9.52 Å². The lowest BCUT2D eigenvalue weighted by atomic mass is 10.2. The number of sulfonamides is 1. The van der Waals surface area contributed by atoms with E-state index in [1.807, 2.05) is 0 Å². The van der Waals surface area contributed by atoms with Crippen LogP contribution in [-0.4, -0.2) is 33.6 Å². The Kier molecular flexibility index (Phi) is 5.53. The van der Waals surface area contributed by atoms with E-state index in [9.17, 15) is 17.6 Å². The Bertz CT molecular complexity index is 878. The first-order chi connectivity index (χ1) is 12.4. The molecule has 0 saturated carbocycles. The van der Waals surface area contributed by atoms with E-state index < -0.39 is 15.8 Å². The molecule has 1 aliphatic rings. The van der Waals surface area contributed by atoms with Crippen LogP contribution < -0.4 is 10.0 Å². The van der Waals surface area contributed by atoms with Crippen molar-refractivity contribution < 1.29 is 22.3 Å². The predicted octanol–water partition coefficient (Wildman–Crippen LogP) is 2.54. The maximum Gasteiger partial charge on any atom is 0.261 e. The third-order valence-corrected chi connectivity index (χ3v) is 5.40. The number of nitrogens with one attached hydrogen (secondary N) is 2. The van der Waals surface area contributed by atoms with E-state index in [-0.39, 0.29) is 28.2 Å². The first-order valence-electron chi connectivity index (χ1n) is 8.22. The monoisotopic (exact) mass is 378 g/mol. The van der Waals surface area contributed by atoms with Crippen LogP contribution >= 0.6 is 0 Å². The van der Waals surface area contributed by atoms with Gasteiger partial charge in [0.25, 0.3) is 15.9 Å². The smallest absolute Gasteiger partial charge is 0.261 e. The summed E-state index contributed by atoms with van der Waals surface area (Å²) in [4.78, 5) is 12.2. The van der Waals surface area contributed by atoms with Gasteiger partial charge in [0.2, 0.25) is 0 Å². The molecule has 138 valence electrons. The number of carbonyl (C=O) groups is 1. The number of rotatable bonds is 6. The van der Waals surface area contributed by atoms with Crippen LogP contribution in [0.3, 0.4) is 0 Å². The molecule has 2 aromatic carbocycles. The molecule has 2 N–H and O–H groups in total. The zero-order valence-electron chi connectivity index (χ0n) is 13.9. The van der Waals surface area contributed by atoms with Crippen LogP contribution in [0, 0.1) is 5.82 Å². The van der Waals surface area contributed by atoms with Crippen molar-refractivity contribution >= 4 is 21.6 Å². The third-order valence-electron chi connectivity index (χ3n) is 4.02. The molecule has 0 radical (unpaired) electrons. The standard InChI is InChI=1S/C18H19FN2O4S/c19-14-6-8-15(9-7-14)21-26(23,24)17-5-1-3-13(11-17)18(22)20-12-16-4-2-10-25-16/h1,3,5-9,11,16,21H,2,4,10,12H2,(H,20,22)/t16-/m1/s1. The molecule has 1 fully saturated rings. The van der Waals surface area contributed by atoms with Crippen molar-refractivity contribution in [3.8, 4) is 0 Å². The van der Waals surface area contributed by atoms with Gasteiger partial charge in [-0.05, 0) is 55.3 Å². The minimum absolute atomic E-state index is 0.00556. The summed E-state index contributed by atoms with van der Waals surface area (Å²) in [6, 6.07) is 10.7. The molecule has 6 nitrogen and oxygen atoms in total. The van der Waals surface area contributed by atoms with Crippen LogP contribution in [0.25, 0.3) is 0 Å². The van der Waals surface area contributed by atoms with Crippen LogP contribution in [0.5, 0.6) is 0 Å². The fourth-order valence-electron chi connectivity index (χ4n) is 2.65. The Morgan fingerprint density at radius 1 is 1.19 bits per heavy atom. The maximum absolute atomic E-state index is 12.9. The van der Waals surface area contributed by atoms with Gasteiger partial charge in [-0.15, -0.1) is 0 Å².